The molecule has 0 aromatic carbocycles. The van der Waals surface area contributed by atoms with Crippen molar-refractivity contribution in [1.29, 1.82) is 0 Å². The fourth-order valence-corrected chi connectivity index (χ4v) is 4.67. The smallest absolute Gasteiger partial charge is 0.0276 e. The zero-order valence-electron chi connectivity index (χ0n) is 14.9. The molecule has 2 aliphatic rings. The first-order valence-corrected chi connectivity index (χ1v) is 9.24. The zero-order valence-corrected chi connectivity index (χ0v) is 14.9. The van der Waals surface area contributed by atoms with Gasteiger partial charge in [-0.15, -0.1) is 0 Å². The van der Waals surface area contributed by atoms with E-state index in [1.807, 2.05) is 0 Å². The van der Waals surface area contributed by atoms with Gasteiger partial charge in [0.05, 0.1) is 0 Å². The normalized spacial score (nSPS) is 39.6. The Balaban J connectivity index is 2.05. The molecule has 21 heavy (non-hydrogen) atoms. The minimum Gasteiger partial charge on any atom is -0.312 e. The third-order valence-corrected chi connectivity index (χ3v) is 5.78. The SMILES string of the molecule is CCCNC1CC(C)CC(C)C1N1CCN(C)C(CC)C1. The van der Waals surface area contributed by atoms with E-state index in [9.17, 15) is 0 Å². The van der Waals surface area contributed by atoms with Gasteiger partial charge in [0.2, 0.25) is 0 Å². The van der Waals surface area contributed by atoms with Crippen molar-refractivity contribution >= 4 is 0 Å². The van der Waals surface area contributed by atoms with Crippen LogP contribution in [0.1, 0.15) is 53.4 Å². The lowest BCUT2D eigenvalue weighted by Gasteiger charge is -2.50. The Morgan fingerprint density at radius 3 is 2.52 bits per heavy atom. The van der Waals surface area contributed by atoms with Crippen LogP contribution in [0.5, 0.6) is 0 Å². The van der Waals surface area contributed by atoms with Gasteiger partial charge >= 0.3 is 0 Å². The third kappa shape index (κ3) is 4.20. The Kier molecular flexibility index (Phi) is 6.51. The molecule has 5 atom stereocenters. The van der Waals surface area contributed by atoms with Gasteiger partial charge in [-0.2, -0.15) is 0 Å². The van der Waals surface area contributed by atoms with Crippen LogP contribution >= 0.6 is 0 Å². The van der Waals surface area contributed by atoms with Crippen LogP contribution < -0.4 is 5.32 Å². The average molecular weight is 296 g/mol. The highest BCUT2D eigenvalue weighted by Crippen LogP contribution is 2.33. The summed E-state index contributed by atoms with van der Waals surface area (Å²) in [5.74, 6) is 1.70. The third-order valence-electron chi connectivity index (χ3n) is 5.78. The molecule has 1 aliphatic carbocycles. The first-order chi connectivity index (χ1) is 10.1. The quantitative estimate of drug-likeness (QED) is 0.841. The molecule has 0 spiro atoms. The van der Waals surface area contributed by atoms with Crippen LogP contribution in [0.4, 0.5) is 0 Å². The maximum absolute atomic E-state index is 3.87. The maximum atomic E-state index is 3.87. The van der Waals surface area contributed by atoms with Crippen molar-refractivity contribution in [2.45, 2.75) is 71.5 Å². The monoisotopic (exact) mass is 295 g/mol. The molecule has 0 radical (unpaired) electrons. The summed E-state index contributed by atoms with van der Waals surface area (Å²) in [6.45, 7) is 14.5. The highest BCUT2D eigenvalue weighted by Gasteiger charge is 2.39. The van der Waals surface area contributed by atoms with Gasteiger partial charge in [-0.3, -0.25) is 4.90 Å². The van der Waals surface area contributed by atoms with E-state index in [2.05, 4.69) is 49.9 Å². The first kappa shape index (κ1) is 17.2. The molecule has 2 fully saturated rings. The van der Waals surface area contributed by atoms with E-state index >= 15 is 0 Å². The van der Waals surface area contributed by atoms with Crippen LogP contribution in [0.2, 0.25) is 0 Å². The largest absolute Gasteiger partial charge is 0.312 e. The van der Waals surface area contributed by atoms with Crippen molar-refractivity contribution in [2.75, 3.05) is 33.2 Å². The lowest BCUT2D eigenvalue weighted by atomic mass is 9.75. The fourth-order valence-electron chi connectivity index (χ4n) is 4.67. The predicted molar refractivity (Wildman–Crippen MR) is 91.7 cm³/mol. The van der Waals surface area contributed by atoms with Crippen molar-refractivity contribution in [3.63, 3.8) is 0 Å². The average Bonchev–Trinajstić information content (AvgIpc) is 2.45. The van der Waals surface area contributed by atoms with Gasteiger partial charge in [0.1, 0.15) is 0 Å². The molecule has 1 N–H and O–H groups in total. The van der Waals surface area contributed by atoms with Crippen LogP contribution in [0.15, 0.2) is 0 Å². The number of hydrogen-bond acceptors (Lipinski definition) is 3. The highest BCUT2D eigenvalue weighted by molar-refractivity contribution is 4.96. The molecule has 1 heterocycles. The molecule has 1 saturated carbocycles. The summed E-state index contributed by atoms with van der Waals surface area (Å²) in [6, 6.07) is 2.19. The van der Waals surface area contributed by atoms with Crippen molar-refractivity contribution < 1.29 is 0 Å². The minimum atomic E-state index is 0.699. The minimum absolute atomic E-state index is 0.699. The molecule has 0 amide bonds. The van der Waals surface area contributed by atoms with Crippen LogP contribution in [0.25, 0.3) is 0 Å². The summed E-state index contributed by atoms with van der Waals surface area (Å²) in [5.41, 5.74) is 0. The number of nitrogens with zero attached hydrogens (tertiary/aromatic N) is 2. The molecule has 2 rings (SSSR count). The topological polar surface area (TPSA) is 18.5 Å². The van der Waals surface area contributed by atoms with Crippen molar-refractivity contribution in [3.05, 3.63) is 0 Å². The highest BCUT2D eigenvalue weighted by atomic mass is 15.3. The molecule has 0 aromatic rings. The second kappa shape index (κ2) is 7.94. The summed E-state index contributed by atoms with van der Waals surface area (Å²) in [4.78, 5) is 5.37. The fraction of sp³-hybridized carbons (Fsp3) is 1.00. The van der Waals surface area contributed by atoms with E-state index in [1.54, 1.807) is 0 Å². The van der Waals surface area contributed by atoms with Crippen molar-refractivity contribution in [1.82, 2.24) is 15.1 Å². The van der Waals surface area contributed by atoms with Gasteiger partial charge in [0.15, 0.2) is 0 Å². The zero-order chi connectivity index (χ0) is 15.4. The number of likely N-dealkylation sites (N-methyl/N-ethyl adjacent to an activating group) is 1. The Bertz CT molecular complexity index is 307. The van der Waals surface area contributed by atoms with E-state index in [4.69, 9.17) is 0 Å². The van der Waals surface area contributed by atoms with Gasteiger partial charge in [-0.25, -0.2) is 0 Å². The van der Waals surface area contributed by atoms with E-state index < -0.39 is 0 Å². The van der Waals surface area contributed by atoms with Gasteiger partial charge < -0.3 is 10.2 Å². The summed E-state index contributed by atoms with van der Waals surface area (Å²) in [5, 5.41) is 3.87. The van der Waals surface area contributed by atoms with Crippen LogP contribution in [-0.2, 0) is 0 Å². The number of rotatable bonds is 5. The van der Waals surface area contributed by atoms with Crippen LogP contribution in [0.3, 0.4) is 0 Å². The number of piperazine rings is 1. The molecular formula is C18H37N3. The summed E-state index contributed by atoms with van der Waals surface area (Å²) in [6.07, 6.45) is 5.28. The maximum Gasteiger partial charge on any atom is 0.0276 e. The van der Waals surface area contributed by atoms with Gasteiger partial charge in [0, 0.05) is 37.8 Å². The Morgan fingerprint density at radius 1 is 1.10 bits per heavy atom. The predicted octanol–water partition coefficient (Wildman–Crippen LogP) is 2.82. The Labute approximate surface area is 132 Å². The number of hydrogen-bond donors (Lipinski definition) is 1. The molecule has 5 unspecified atom stereocenters. The van der Waals surface area contributed by atoms with E-state index in [0.717, 1.165) is 23.9 Å². The van der Waals surface area contributed by atoms with Gasteiger partial charge in [-0.05, 0) is 51.1 Å². The van der Waals surface area contributed by atoms with Gasteiger partial charge in [0.25, 0.3) is 0 Å². The molecular weight excluding hydrogens is 258 g/mol. The van der Waals surface area contributed by atoms with Crippen molar-refractivity contribution in [3.8, 4) is 0 Å². The molecule has 1 saturated heterocycles. The lowest BCUT2D eigenvalue weighted by molar-refractivity contribution is 0.00499. The summed E-state index contributed by atoms with van der Waals surface area (Å²) < 4.78 is 0. The van der Waals surface area contributed by atoms with Crippen LogP contribution in [0, 0.1) is 11.8 Å². The standard InChI is InChI=1S/C18H37N3/c1-6-8-19-17-12-14(3)11-15(4)18(17)21-10-9-20(5)16(7-2)13-21/h14-19H,6-13H2,1-5H3. The van der Waals surface area contributed by atoms with E-state index in [1.165, 1.54) is 51.9 Å². The lowest BCUT2D eigenvalue weighted by Crippen LogP contribution is -2.62. The molecule has 1 aliphatic heterocycles. The van der Waals surface area contributed by atoms with Crippen molar-refractivity contribution in [2.24, 2.45) is 11.8 Å². The molecule has 124 valence electrons. The molecule has 0 bridgehead atoms. The second-order valence-corrected chi connectivity index (χ2v) is 7.64. The van der Waals surface area contributed by atoms with Crippen LogP contribution in [-0.4, -0.2) is 61.2 Å². The summed E-state index contributed by atoms with van der Waals surface area (Å²) in [7, 11) is 2.30. The Hall–Kier alpha value is -0.120. The van der Waals surface area contributed by atoms with Gasteiger partial charge in [-0.1, -0.05) is 27.7 Å². The first-order valence-electron chi connectivity index (χ1n) is 9.24. The van der Waals surface area contributed by atoms with E-state index in [0.29, 0.717) is 6.04 Å². The second-order valence-electron chi connectivity index (χ2n) is 7.64. The summed E-state index contributed by atoms with van der Waals surface area (Å²) >= 11 is 0. The van der Waals surface area contributed by atoms with E-state index in [-0.39, 0.29) is 0 Å². The molecule has 3 nitrogen and oxygen atoms in total. The molecule has 0 aromatic heterocycles. The number of nitrogens with one attached hydrogen (secondary N) is 1. The molecule has 3 heteroatoms. The Morgan fingerprint density at radius 2 is 1.86 bits per heavy atom.